The molecule has 0 aromatic heterocycles. The topological polar surface area (TPSA) is 41.5 Å². The zero-order chi connectivity index (χ0) is 9.26. The summed E-state index contributed by atoms with van der Waals surface area (Å²) < 4.78 is 5.64. The molecule has 13 heavy (non-hydrogen) atoms. The van der Waals surface area contributed by atoms with Gasteiger partial charge in [-0.15, -0.1) is 0 Å². The number of aromatic hydroxyl groups is 1. The lowest BCUT2D eigenvalue weighted by Gasteiger charge is -2.28. The minimum absolute atomic E-state index is 0.257. The maximum Gasteiger partial charge on any atom is 0.126 e. The number of benzene rings is 1. The van der Waals surface area contributed by atoms with E-state index in [1.165, 1.54) is 0 Å². The minimum Gasteiger partial charge on any atom is -0.508 e. The summed E-state index contributed by atoms with van der Waals surface area (Å²) in [7, 11) is 0. The molecule has 0 unspecified atom stereocenters. The van der Waals surface area contributed by atoms with Gasteiger partial charge in [-0.25, -0.2) is 0 Å². The van der Waals surface area contributed by atoms with Crippen molar-refractivity contribution < 1.29 is 9.84 Å². The molecule has 1 heterocycles. The zero-order valence-corrected chi connectivity index (χ0v) is 7.58. The summed E-state index contributed by atoms with van der Waals surface area (Å²) in [5, 5.41) is 12.4. The normalized spacial score (nSPS) is 16.7. The van der Waals surface area contributed by atoms with Crippen molar-refractivity contribution in [3.8, 4) is 11.5 Å². The van der Waals surface area contributed by atoms with Crippen LogP contribution in [0.4, 0.5) is 0 Å². The molecule has 0 aliphatic carbocycles. The Kier molecular flexibility index (Phi) is 2.10. The van der Waals surface area contributed by atoms with E-state index >= 15 is 0 Å². The first-order chi connectivity index (χ1) is 6.25. The van der Waals surface area contributed by atoms with Gasteiger partial charge in [-0.2, -0.15) is 0 Å². The van der Waals surface area contributed by atoms with E-state index in [4.69, 9.17) is 4.74 Å². The van der Waals surface area contributed by atoms with Crippen LogP contribution in [0.5, 0.6) is 11.5 Å². The Morgan fingerprint density at radius 1 is 1.46 bits per heavy atom. The van der Waals surface area contributed by atoms with Gasteiger partial charge in [0, 0.05) is 19.2 Å². The number of ether oxygens (including phenoxy) is 1. The second-order valence-corrected chi connectivity index (χ2v) is 3.35. The summed E-state index contributed by atoms with van der Waals surface area (Å²) in [6.07, 6.45) is 0.264. The Balaban J connectivity index is 2.13. The summed E-state index contributed by atoms with van der Waals surface area (Å²) >= 11 is 0. The van der Waals surface area contributed by atoms with Gasteiger partial charge < -0.3 is 15.2 Å². The molecule has 0 spiro atoms. The molecule has 1 aromatic carbocycles. The van der Waals surface area contributed by atoms with Crippen molar-refractivity contribution in [2.45, 2.75) is 13.0 Å². The lowest BCUT2D eigenvalue weighted by Crippen LogP contribution is -2.50. The fourth-order valence-electron chi connectivity index (χ4n) is 1.24. The molecular formula is C10H13NO2. The third-order valence-corrected chi connectivity index (χ3v) is 2.21. The summed E-state index contributed by atoms with van der Waals surface area (Å²) in [6.45, 7) is 3.77. The van der Waals surface area contributed by atoms with Gasteiger partial charge >= 0.3 is 0 Å². The maximum absolute atomic E-state index is 9.25. The van der Waals surface area contributed by atoms with E-state index in [2.05, 4.69) is 5.32 Å². The second-order valence-electron chi connectivity index (χ2n) is 3.35. The molecule has 1 saturated heterocycles. The molecular weight excluding hydrogens is 166 g/mol. The highest BCUT2D eigenvalue weighted by molar-refractivity contribution is 5.39. The smallest absolute Gasteiger partial charge is 0.126 e. The van der Waals surface area contributed by atoms with Crippen LogP contribution in [0, 0.1) is 6.92 Å². The number of hydrogen-bond acceptors (Lipinski definition) is 3. The monoisotopic (exact) mass is 179 g/mol. The van der Waals surface area contributed by atoms with Crippen molar-refractivity contribution in [1.82, 2.24) is 5.32 Å². The highest BCUT2D eigenvalue weighted by Gasteiger charge is 2.18. The molecule has 2 rings (SSSR count). The number of hydrogen-bond donors (Lipinski definition) is 2. The summed E-state index contributed by atoms with van der Waals surface area (Å²) in [5.41, 5.74) is 1.06. The van der Waals surface area contributed by atoms with Crippen LogP contribution in [0.25, 0.3) is 0 Å². The van der Waals surface area contributed by atoms with Gasteiger partial charge in [-0.05, 0) is 18.6 Å². The van der Waals surface area contributed by atoms with Crippen molar-refractivity contribution in [3.05, 3.63) is 23.8 Å². The number of rotatable bonds is 2. The van der Waals surface area contributed by atoms with E-state index in [1.54, 1.807) is 12.1 Å². The van der Waals surface area contributed by atoms with Gasteiger partial charge in [0.2, 0.25) is 0 Å². The van der Waals surface area contributed by atoms with Crippen molar-refractivity contribution in [1.29, 1.82) is 0 Å². The second kappa shape index (κ2) is 3.26. The standard InChI is InChI=1S/C10H13NO2/c1-7-2-3-8(12)4-10(7)13-9-5-11-6-9/h2-4,9,11-12H,5-6H2,1H3. The highest BCUT2D eigenvalue weighted by atomic mass is 16.5. The van der Waals surface area contributed by atoms with Gasteiger partial charge in [0.15, 0.2) is 0 Å². The van der Waals surface area contributed by atoms with E-state index in [9.17, 15) is 5.11 Å². The first-order valence-corrected chi connectivity index (χ1v) is 4.43. The van der Waals surface area contributed by atoms with E-state index in [1.807, 2.05) is 13.0 Å². The van der Waals surface area contributed by atoms with Gasteiger partial charge in [0.1, 0.15) is 17.6 Å². The molecule has 1 aromatic rings. The molecule has 2 N–H and O–H groups in total. The molecule has 0 saturated carbocycles. The van der Waals surface area contributed by atoms with Crippen LogP contribution in [-0.4, -0.2) is 24.3 Å². The summed E-state index contributed by atoms with van der Waals surface area (Å²) in [4.78, 5) is 0. The molecule has 3 heteroatoms. The SMILES string of the molecule is Cc1ccc(O)cc1OC1CNC1. The molecule has 3 nitrogen and oxygen atoms in total. The number of nitrogens with one attached hydrogen (secondary N) is 1. The van der Waals surface area contributed by atoms with Crippen LogP contribution < -0.4 is 10.1 Å². The summed E-state index contributed by atoms with van der Waals surface area (Å²) in [6, 6.07) is 5.19. The lowest BCUT2D eigenvalue weighted by atomic mass is 10.2. The lowest BCUT2D eigenvalue weighted by molar-refractivity contribution is 0.141. The van der Waals surface area contributed by atoms with Gasteiger partial charge in [0.25, 0.3) is 0 Å². The molecule has 1 fully saturated rings. The number of phenols is 1. The van der Waals surface area contributed by atoms with Crippen LogP contribution in [0.1, 0.15) is 5.56 Å². The van der Waals surface area contributed by atoms with E-state index in [0.29, 0.717) is 0 Å². The van der Waals surface area contributed by atoms with Crippen molar-refractivity contribution in [3.63, 3.8) is 0 Å². The Morgan fingerprint density at radius 2 is 2.23 bits per heavy atom. The van der Waals surface area contributed by atoms with Crippen LogP contribution in [0.2, 0.25) is 0 Å². The van der Waals surface area contributed by atoms with Gasteiger partial charge in [0.05, 0.1) is 0 Å². The van der Waals surface area contributed by atoms with E-state index < -0.39 is 0 Å². The Bertz CT molecular complexity index is 308. The molecule has 0 bridgehead atoms. The van der Waals surface area contributed by atoms with Crippen LogP contribution in [-0.2, 0) is 0 Å². The van der Waals surface area contributed by atoms with Gasteiger partial charge in [-0.1, -0.05) is 6.07 Å². The van der Waals surface area contributed by atoms with Crippen molar-refractivity contribution in [2.24, 2.45) is 0 Å². The fourth-order valence-corrected chi connectivity index (χ4v) is 1.24. The number of aryl methyl sites for hydroxylation is 1. The highest BCUT2D eigenvalue weighted by Crippen LogP contribution is 2.24. The van der Waals surface area contributed by atoms with Crippen molar-refractivity contribution in [2.75, 3.05) is 13.1 Å². The predicted molar refractivity (Wildman–Crippen MR) is 50.1 cm³/mol. The van der Waals surface area contributed by atoms with E-state index in [0.717, 1.165) is 24.4 Å². The Hall–Kier alpha value is -1.22. The molecule has 1 aliphatic heterocycles. The molecule has 1 aliphatic rings. The minimum atomic E-state index is 0.257. The van der Waals surface area contributed by atoms with Crippen LogP contribution >= 0.6 is 0 Å². The molecule has 0 amide bonds. The maximum atomic E-state index is 9.25. The average Bonchev–Trinajstić information content (AvgIpc) is 2.03. The Labute approximate surface area is 77.3 Å². The van der Waals surface area contributed by atoms with Gasteiger partial charge in [-0.3, -0.25) is 0 Å². The molecule has 0 atom stereocenters. The Morgan fingerprint density at radius 3 is 2.85 bits per heavy atom. The zero-order valence-electron chi connectivity index (χ0n) is 7.58. The third kappa shape index (κ3) is 1.75. The molecule has 70 valence electrons. The van der Waals surface area contributed by atoms with Crippen molar-refractivity contribution >= 4 is 0 Å². The largest absolute Gasteiger partial charge is 0.508 e. The van der Waals surface area contributed by atoms with E-state index in [-0.39, 0.29) is 11.9 Å². The fraction of sp³-hybridized carbons (Fsp3) is 0.400. The number of phenolic OH excluding ortho intramolecular Hbond substituents is 1. The first-order valence-electron chi connectivity index (χ1n) is 4.43. The first kappa shape index (κ1) is 8.38. The quantitative estimate of drug-likeness (QED) is 0.713. The summed E-state index contributed by atoms with van der Waals surface area (Å²) in [5.74, 6) is 1.04. The van der Waals surface area contributed by atoms with Crippen LogP contribution in [0.3, 0.4) is 0 Å². The predicted octanol–water partition coefficient (Wildman–Crippen LogP) is 1.05. The average molecular weight is 179 g/mol. The van der Waals surface area contributed by atoms with Crippen LogP contribution in [0.15, 0.2) is 18.2 Å². The third-order valence-electron chi connectivity index (χ3n) is 2.21. The molecule has 0 radical (unpaired) electrons.